The van der Waals surface area contributed by atoms with Gasteiger partial charge < -0.3 is 23.6 Å². The second kappa shape index (κ2) is 10.3. The van der Waals surface area contributed by atoms with Gasteiger partial charge in [0.15, 0.2) is 17.3 Å². The average Bonchev–Trinajstić information content (AvgIpc) is 3.32. The van der Waals surface area contributed by atoms with E-state index in [0.717, 1.165) is 18.4 Å². The van der Waals surface area contributed by atoms with Crippen LogP contribution >= 0.6 is 0 Å². The summed E-state index contributed by atoms with van der Waals surface area (Å²) >= 11 is 0. The van der Waals surface area contributed by atoms with E-state index in [9.17, 15) is 4.79 Å². The van der Waals surface area contributed by atoms with Crippen LogP contribution in [-0.4, -0.2) is 61.0 Å². The number of para-hydroxylation sites is 1. The molecule has 0 saturated carbocycles. The van der Waals surface area contributed by atoms with E-state index >= 15 is 0 Å². The molecule has 168 valence electrons. The van der Waals surface area contributed by atoms with Gasteiger partial charge in [0, 0.05) is 25.1 Å². The van der Waals surface area contributed by atoms with Crippen LogP contribution in [-0.2, 0) is 11.2 Å². The highest BCUT2D eigenvalue weighted by Gasteiger charge is 2.27. The molecule has 8 nitrogen and oxygen atoms in total. The molecule has 1 aromatic heterocycles. The van der Waals surface area contributed by atoms with Crippen molar-refractivity contribution in [1.82, 2.24) is 15.0 Å². The maximum absolute atomic E-state index is 13.1. The Hall–Kier alpha value is -3.39. The molecule has 0 bridgehead atoms. The number of nitrogens with zero attached hydrogens (tertiary/aromatic N) is 3. The number of rotatable bonds is 8. The highest BCUT2D eigenvalue weighted by atomic mass is 16.5. The molecular weight excluding hydrogens is 410 g/mol. The molecule has 0 N–H and O–H groups in total. The van der Waals surface area contributed by atoms with Gasteiger partial charge in [-0.25, -0.2) is 0 Å². The molecule has 1 fully saturated rings. The molecule has 3 aromatic rings. The second-order valence-corrected chi connectivity index (χ2v) is 7.56. The molecule has 1 aliphatic heterocycles. The number of methoxy groups -OCH3 is 2. The zero-order valence-corrected chi connectivity index (χ0v) is 18.3. The van der Waals surface area contributed by atoms with Gasteiger partial charge in [-0.1, -0.05) is 29.4 Å². The molecule has 1 saturated heterocycles. The fraction of sp³-hybridized carbons (Fsp3) is 0.375. The number of ether oxygens (including phenoxy) is 3. The third-order valence-corrected chi connectivity index (χ3v) is 5.47. The summed E-state index contributed by atoms with van der Waals surface area (Å²) in [6, 6.07) is 15.0. The number of benzene rings is 2. The van der Waals surface area contributed by atoms with Gasteiger partial charge in [0.05, 0.1) is 32.5 Å². The summed E-state index contributed by atoms with van der Waals surface area (Å²) in [5.74, 6) is 2.02. The topological polar surface area (TPSA) is 86.9 Å². The minimum atomic E-state index is -0.0836. The van der Waals surface area contributed by atoms with Crippen molar-refractivity contribution in [2.45, 2.75) is 25.4 Å². The molecule has 2 heterocycles. The van der Waals surface area contributed by atoms with Gasteiger partial charge in [-0.05, 0) is 37.1 Å². The van der Waals surface area contributed by atoms with Crippen molar-refractivity contribution < 1.29 is 23.5 Å². The van der Waals surface area contributed by atoms with Crippen LogP contribution in [0, 0.1) is 0 Å². The minimum Gasteiger partial charge on any atom is -0.493 e. The van der Waals surface area contributed by atoms with E-state index in [0.29, 0.717) is 54.9 Å². The maximum atomic E-state index is 13.1. The Morgan fingerprint density at radius 3 is 2.75 bits per heavy atom. The maximum Gasteiger partial charge on any atom is 0.257 e. The Morgan fingerprint density at radius 2 is 1.97 bits per heavy atom. The van der Waals surface area contributed by atoms with Gasteiger partial charge in [-0.2, -0.15) is 4.98 Å². The summed E-state index contributed by atoms with van der Waals surface area (Å²) < 4.78 is 22.1. The largest absolute Gasteiger partial charge is 0.493 e. The van der Waals surface area contributed by atoms with Crippen LogP contribution < -0.4 is 9.47 Å². The smallest absolute Gasteiger partial charge is 0.257 e. The van der Waals surface area contributed by atoms with E-state index in [-0.39, 0.29) is 12.0 Å². The van der Waals surface area contributed by atoms with E-state index in [1.807, 2.05) is 35.2 Å². The molecule has 0 aliphatic carbocycles. The zero-order chi connectivity index (χ0) is 22.3. The second-order valence-electron chi connectivity index (χ2n) is 7.56. The third-order valence-electron chi connectivity index (χ3n) is 5.47. The predicted octanol–water partition coefficient (Wildman–Crippen LogP) is 3.62. The number of hydrogen-bond donors (Lipinski definition) is 0. The molecule has 0 radical (unpaired) electrons. The summed E-state index contributed by atoms with van der Waals surface area (Å²) in [6.45, 7) is 1.67. The Balaban J connectivity index is 1.32. The summed E-state index contributed by atoms with van der Waals surface area (Å²) in [4.78, 5) is 19.4. The Labute approximate surface area is 187 Å². The monoisotopic (exact) mass is 437 g/mol. The van der Waals surface area contributed by atoms with E-state index < -0.39 is 0 Å². The summed E-state index contributed by atoms with van der Waals surface area (Å²) in [5, 5.41) is 4.04. The van der Waals surface area contributed by atoms with Crippen molar-refractivity contribution in [3.63, 3.8) is 0 Å². The van der Waals surface area contributed by atoms with Crippen molar-refractivity contribution in [3.05, 3.63) is 59.9 Å². The number of carbonyl (C=O) groups excluding carboxylic acids is 1. The summed E-state index contributed by atoms with van der Waals surface area (Å²) in [5.41, 5.74) is 1.38. The van der Waals surface area contributed by atoms with E-state index in [2.05, 4.69) is 10.1 Å². The van der Waals surface area contributed by atoms with Crippen LogP contribution in [0.1, 0.15) is 29.0 Å². The molecule has 32 heavy (non-hydrogen) atoms. The quantitative estimate of drug-likeness (QED) is 0.532. The number of likely N-dealkylation sites (tertiary alicyclic amines) is 1. The Morgan fingerprint density at radius 1 is 1.12 bits per heavy atom. The van der Waals surface area contributed by atoms with Crippen molar-refractivity contribution >= 4 is 5.91 Å². The zero-order valence-electron chi connectivity index (χ0n) is 18.3. The summed E-state index contributed by atoms with van der Waals surface area (Å²) in [7, 11) is 3.10. The standard InChI is InChI=1S/C24H27N3O5/c1-29-20-12-6-11-19(22(20)30-2)24(28)27-14-7-10-18(16-27)31-15-13-21-25-23(32-26-21)17-8-4-3-5-9-17/h3-6,8-9,11-12,18H,7,10,13-16H2,1-2H3. The molecule has 1 amide bonds. The lowest BCUT2D eigenvalue weighted by Gasteiger charge is -2.33. The first-order valence-electron chi connectivity index (χ1n) is 10.7. The molecule has 1 atom stereocenters. The fourth-order valence-corrected chi connectivity index (χ4v) is 3.85. The summed E-state index contributed by atoms with van der Waals surface area (Å²) in [6.07, 6.45) is 2.29. The molecular formula is C24H27N3O5. The number of amides is 1. The van der Waals surface area contributed by atoms with E-state index in [4.69, 9.17) is 18.7 Å². The van der Waals surface area contributed by atoms with Gasteiger partial charge in [0.2, 0.25) is 0 Å². The highest BCUT2D eigenvalue weighted by Crippen LogP contribution is 2.32. The Kier molecular flexibility index (Phi) is 7.01. The van der Waals surface area contributed by atoms with Crippen LogP contribution in [0.2, 0.25) is 0 Å². The van der Waals surface area contributed by atoms with Crippen LogP contribution in [0.5, 0.6) is 11.5 Å². The van der Waals surface area contributed by atoms with Gasteiger partial charge in [0.1, 0.15) is 0 Å². The van der Waals surface area contributed by atoms with Gasteiger partial charge in [-0.3, -0.25) is 4.79 Å². The van der Waals surface area contributed by atoms with Crippen molar-refractivity contribution in [2.24, 2.45) is 0 Å². The van der Waals surface area contributed by atoms with Gasteiger partial charge >= 0.3 is 0 Å². The lowest BCUT2D eigenvalue weighted by Crippen LogP contribution is -2.43. The van der Waals surface area contributed by atoms with Crippen LogP contribution in [0.3, 0.4) is 0 Å². The molecule has 1 aliphatic rings. The third kappa shape index (κ3) is 4.91. The van der Waals surface area contributed by atoms with Crippen molar-refractivity contribution in [3.8, 4) is 23.0 Å². The molecule has 4 rings (SSSR count). The number of aromatic nitrogens is 2. The molecule has 0 spiro atoms. The number of piperidine rings is 1. The SMILES string of the molecule is COc1cccc(C(=O)N2CCCC(OCCc3noc(-c4ccccc4)n3)C2)c1OC. The van der Waals surface area contributed by atoms with Crippen LogP contribution in [0.15, 0.2) is 53.1 Å². The average molecular weight is 437 g/mol. The Bertz CT molecular complexity index is 1040. The molecule has 1 unspecified atom stereocenters. The lowest BCUT2D eigenvalue weighted by molar-refractivity contribution is 0.00240. The van der Waals surface area contributed by atoms with Crippen LogP contribution in [0.25, 0.3) is 11.5 Å². The van der Waals surface area contributed by atoms with E-state index in [1.165, 1.54) is 7.11 Å². The van der Waals surface area contributed by atoms with E-state index in [1.54, 1.807) is 25.3 Å². The minimum absolute atomic E-state index is 0.0372. The van der Waals surface area contributed by atoms with Gasteiger partial charge in [0.25, 0.3) is 11.8 Å². The fourth-order valence-electron chi connectivity index (χ4n) is 3.85. The van der Waals surface area contributed by atoms with Crippen LogP contribution in [0.4, 0.5) is 0 Å². The normalized spacial score (nSPS) is 16.1. The first-order valence-corrected chi connectivity index (χ1v) is 10.7. The molecule has 2 aromatic carbocycles. The van der Waals surface area contributed by atoms with Gasteiger partial charge in [-0.15, -0.1) is 0 Å². The van der Waals surface area contributed by atoms with Crippen molar-refractivity contribution in [2.75, 3.05) is 33.9 Å². The number of carbonyl (C=O) groups is 1. The first-order chi connectivity index (χ1) is 15.7. The first kappa shape index (κ1) is 21.8. The highest BCUT2D eigenvalue weighted by molar-refractivity contribution is 5.98. The lowest BCUT2D eigenvalue weighted by atomic mass is 10.1. The number of hydrogen-bond acceptors (Lipinski definition) is 7. The predicted molar refractivity (Wildman–Crippen MR) is 118 cm³/mol. The molecule has 8 heteroatoms. The van der Waals surface area contributed by atoms with Crippen molar-refractivity contribution in [1.29, 1.82) is 0 Å².